The van der Waals surface area contributed by atoms with E-state index in [-0.39, 0.29) is 5.54 Å². The molecule has 3 heteroatoms. The summed E-state index contributed by atoms with van der Waals surface area (Å²) in [7, 11) is 0. The van der Waals surface area contributed by atoms with Crippen molar-refractivity contribution in [1.29, 1.82) is 0 Å². The number of thiocarbonyl (C=S) groups is 1. The monoisotopic (exact) mass is 246 g/mol. The second kappa shape index (κ2) is 3.84. The zero-order chi connectivity index (χ0) is 12.8. The molecule has 1 aromatic carbocycles. The first kappa shape index (κ1) is 12.1. The lowest BCUT2D eigenvalue weighted by atomic mass is 9.88. The van der Waals surface area contributed by atoms with Crippen molar-refractivity contribution in [1.82, 2.24) is 0 Å². The topological polar surface area (TPSA) is 29.3 Å². The molecule has 0 atom stereocenters. The Morgan fingerprint density at radius 1 is 1.29 bits per heavy atom. The molecule has 0 aromatic heterocycles. The minimum atomic E-state index is -0.168. The second-order valence-corrected chi connectivity index (χ2v) is 5.59. The van der Waals surface area contributed by atoms with Gasteiger partial charge in [0, 0.05) is 5.56 Å². The maximum Gasteiger partial charge on any atom is 0.171 e. The summed E-state index contributed by atoms with van der Waals surface area (Å²) in [6, 6.07) is 6.38. The van der Waals surface area contributed by atoms with E-state index >= 15 is 0 Å². The van der Waals surface area contributed by atoms with E-state index in [9.17, 15) is 0 Å². The van der Waals surface area contributed by atoms with Gasteiger partial charge in [-0.25, -0.2) is 0 Å². The van der Waals surface area contributed by atoms with Gasteiger partial charge < -0.3 is 10.6 Å². The van der Waals surface area contributed by atoms with Crippen LogP contribution in [-0.4, -0.2) is 10.7 Å². The van der Waals surface area contributed by atoms with Crippen molar-refractivity contribution in [3.8, 4) is 0 Å². The Morgan fingerprint density at radius 2 is 1.94 bits per heavy atom. The van der Waals surface area contributed by atoms with E-state index < -0.39 is 0 Å². The van der Waals surface area contributed by atoms with E-state index in [2.05, 4.69) is 52.0 Å². The Bertz CT molecular complexity index is 515. The van der Waals surface area contributed by atoms with Crippen LogP contribution in [0.5, 0.6) is 0 Å². The number of aryl methyl sites for hydroxylation is 1. The summed E-state index contributed by atoms with van der Waals surface area (Å²) in [6.07, 6.45) is 2.22. The third kappa shape index (κ3) is 1.95. The lowest BCUT2D eigenvalue weighted by molar-refractivity contribution is 0.637. The molecular weight excluding hydrogens is 228 g/mol. The highest BCUT2D eigenvalue weighted by Crippen LogP contribution is 2.38. The quantitative estimate of drug-likeness (QED) is 0.713. The molecule has 0 unspecified atom stereocenters. The normalized spacial score (nSPS) is 17.4. The summed E-state index contributed by atoms with van der Waals surface area (Å²) in [4.78, 5) is 2.02. The van der Waals surface area contributed by atoms with Gasteiger partial charge in [0.1, 0.15) is 0 Å². The van der Waals surface area contributed by atoms with Crippen molar-refractivity contribution < 1.29 is 0 Å². The number of hydrogen-bond donors (Lipinski definition) is 1. The summed E-state index contributed by atoms with van der Waals surface area (Å²) < 4.78 is 0. The van der Waals surface area contributed by atoms with Crippen LogP contribution in [-0.2, 0) is 0 Å². The smallest absolute Gasteiger partial charge is 0.171 e. The molecule has 0 fully saturated rings. The highest BCUT2D eigenvalue weighted by atomic mass is 32.1. The largest absolute Gasteiger partial charge is 0.376 e. The van der Waals surface area contributed by atoms with Crippen LogP contribution >= 0.6 is 12.2 Å². The molecule has 0 saturated heterocycles. The fourth-order valence-corrected chi connectivity index (χ4v) is 2.88. The van der Waals surface area contributed by atoms with Crippen LogP contribution < -0.4 is 10.6 Å². The van der Waals surface area contributed by atoms with E-state index in [1.807, 2.05) is 4.90 Å². The Hall–Kier alpha value is -1.35. The first-order valence-electron chi connectivity index (χ1n) is 5.73. The van der Waals surface area contributed by atoms with E-state index in [4.69, 9.17) is 18.0 Å². The average molecular weight is 246 g/mol. The lowest BCUT2D eigenvalue weighted by Crippen LogP contribution is -2.51. The van der Waals surface area contributed by atoms with Crippen LogP contribution in [0.15, 0.2) is 24.3 Å². The molecule has 1 aromatic rings. The van der Waals surface area contributed by atoms with Crippen molar-refractivity contribution in [3.05, 3.63) is 35.4 Å². The molecule has 0 saturated carbocycles. The number of hydrogen-bond acceptors (Lipinski definition) is 1. The molecule has 17 heavy (non-hydrogen) atoms. The van der Waals surface area contributed by atoms with Crippen molar-refractivity contribution in [2.75, 3.05) is 4.90 Å². The molecule has 0 radical (unpaired) electrons. The van der Waals surface area contributed by atoms with E-state index in [1.54, 1.807) is 0 Å². The maximum atomic E-state index is 5.87. The van der Waals surface area contributed by atoms with Gasteiger partial charge in [-0.15, -0.1) is 0 Å². The zero-order valence-corrected chi connectivity index (χ0v) is 11.6. The van der Waals surface area contributed by atoms with Crippen molar-refractivity contribution in [2.45, 2.75) is 33.2 Å². The van der Waals surface area contributed by atoms with Gasteiger partial charge in [0.2, 0.25) is 0 Å². The van der Waals surface area contributed by atoms with Gasteiger partial charge in [-0.1, -0.05) is 17.7 Å². The van der Waals surface area contributed by atoms with Crippen LogP contribution in [0.4, 0.5) is 5.69 Å². The summed E-state index contributed by atoms with van der Waals surface area (Å²) in [5.41, 5.74) is 10.6. The van der Waals surface area contributed by atoms with Gasteiger partial charge in [0.25, 0.3) is 0 Å². The molecule has 1 aliphatic rings. The third-order valence-electron chi connectivity index (χ3n) is 3.18. The fraction of sp³-hybridized carbons (Fsp3) is 0.357. The van der Waals surface area contributed by atoms with Crippen LogP contribution in [0, 0.1) is 6.92 Å². The number of benzene rings is 1. The van der Waals surface area contributed by atoms with E-state index in [0.717, 1.165) is 5.69 Å². The lowest BCUT2D eigenvalue weighted by Gasteiger charge is -2.42. The Morgan fingerprint density at radius 3 is 2.53 bits per heavy atom. The van der Waals surface area contributed by atoms with Crippen LogP contribution in [0.3, 0.4) is 0 Å². The van der Waals surface area contributed by atoms with Gasteiger partial charge in [0.15, 0.2) is 5.11 Å². The fourth-order valence-electron chi connectivity index (χ4n) is 2.55. The number of allylic oxidation sites excluding steroid dienone is 1. The van der Waals surface area contributed by atoms with Gasteiger partial charge in [-0.2, -0.15) is 0 Å². The Kier molecular flexibility index (Phi) is 2.74. The minimum absolute atomic E-state index is 0.168. The molecule has 2 rings (SSSR count). The Balaban J connectivity index is 2.69. The number of rotatable bonds is 0. The standard InChI is InChI=1S/C14H18N2S/c1-9-5-6-12-11(7-9)10(2)8-14(3,4)16(12)13(15)17/h5-8H,1-4H3,(H2,15,17). The number of nitrogens with zero attached hydrogens (tertiary/aromatic N) is 1. The molecule has 2 nitrogen and oxygen atoms in total. The molecule has 1 aliphatic heterocycles. The predicted octanol–water partition coefficient (Wildman–Crippen LogP) is 3.24. The molecule has 0 spiro atoms. The van der Waals surface area contributed by atoms with Crippen LogP contribution in [0.1, 0.15) is 31.9 Å². The Labute approximate surface area is 108 Å². The predicted molar refractivity (Wildman–Crippen MR) is 78.2 cm³/mol. The highest BCUT2D eigenvalue weighted by Gasteiger charge is 2.32. The third-order valence-corrected chi connectivity index (χ3v) is 3.37. The van der Waals surface area contributed by atoms with Gasteiger partial charge in [-0.3, -0.25) is 0 Å². The van der Waals surface area contributed by atoms with Crippen LogP contribution in [0.2, 0.25) is 0 Å². The average Bonchev–Trinajstić information content (AvgIpc) is 2.17. The molecular formula is C14H18N2S. The highest BCUT2D eigenvalue weighted by molar-refractivity contribution is 7.80. The molecule has 0 aliphatic carbocycles. The van der Waals surface area contributed by atoms with Crippen molar-refractivity contribution >= 4 is 28.6 Å². The van der Waals surface area contributed by atoms with Crippen LogP contribution in [0.25, 0.3) is 5.57 Å². The van der Waals surface area contributed by atoms with Gasteiger partial charge in [-0.05, 0) is 57.6 Å². The zero-order valence-electron chi connectivity index (χ0n) is 10.7. The van der Waals surface area contributed by atoms with Crippen molar-refractivity contribution in [2.24, 2.45) is 5.73 Å². The van der Waals surface area contributed by atoms with E-state index in [1.165, 1.54) is 16.7 Å². The first-order valence-corrected chi connectivity index (χ1v) is 6.14. The molecule has 0 amide bonds. The summed E-state index contributed by atoms with van der Waals surface area (Å²) in [5.74, 6) is 0. The molecule has 2 N–H and O–H groups in total. The van der Waals surface area contributed by atoms with Gasteiger partial charge in [0.05, 0.1) is 11.2 Å². The van der Waals surface area contributed by atoms with Gasteiger partial charge >= 0.3 is 0 Å². The molecule has 1 heterocycles. The first-order chi connectivity index (χ1) is 7.83. The summed E-state index contributed by atoms with van der Waals surface area (Å²) in [6.45, 7) is 8.48. The number of fused-ring (bicyclic) bond motifs is 1. The number of nitrogens with two attached hydrogens (primary N) is 1. The minimum Gasteiger partial charge on any atom is -0.376 e. The SMILES string of the molecule is CC1=CC(C)(C)N(C(N)=S)c2ccc(C)cc21. The summed E-state index contributed by atoms with van der Waals surface area (Å²) in [5, 5.41) is 0.420. The molecule has 0 bridgehead atoms. The number of anilines is 1. The van der Waals surface area contributed by atoms with Crippen molar-refractivity contribution in [3.63, 3.8) is 0 Å². The maximum absolute atomic E-state index is 5.87. The molecule has 90 valence electrons. The van der Waals surface area contributed by atoms with E-state index in [0.29, 0.717) is 5.11 Å². The summed E-state index contributed by atoms with van der Waals surface area (Å²) >= 11 is 5.19. The second-order valence-electron chi connectivity index (χ2n) is 5.18.